The quantitative estimate of drug-likeness (QED) is 0.819. The van der Waals surface area contributed by atoms with Crippen molar-refractivity contribution >= 4 is 21.6 Å². The summed E-state index contributed by atoms with van der Waals surface area (Å²) in [4.78, 5) is 3.80. The second kappa shape index (κ2) is 6.51. The first-order valence-corrected chi connectivity index (χ1v) is 7.46. The second-order valence-electron chi connectivity index (χ2n) is 4.01. The lowest BCUT2D eigenvalue weighted by Crippen LogP contribution is -2.38. The van der Waals surface area contributed by atoms with Gasteiger partial charge in [-0.3, -0.25) is 0 Å². The van der Waals surface area contributed by atoms with Crippen LogP contribution in [-0.4, -0.2) is 37.7 Å². The van der Waals surface area contributed by atoms with Gasteiger partial charge in [0.15, 0.2) is 0 Å². The van der Waals surface area contributed by atoms with Crippen molar-refractivity contribution in [1.29, 1.82) is 0 Å². The van der Waals surface area contributed by atoms with Crippen LogP contribution in [-0.2, 0) is 21.8 Å². The minimum atomic E-state index is -3.71. The van der Waals surface area contributed by atoms with Crippen LogP contribution in [0.15, 0.2) is 11.4 Å². The maximum Gasteiger partial charge on any atom is 0.261 e. The maximum atomic E-state index is 12.1. The summed E-state index contributed by atoms with van der Waals surface area (Å²) in [5, 5.41) is -0.0564. The van der Waals surface area contributed by atoms with E-state index in [-0.39, 0.29) is 16.2 Å². The van der Waals surface area contributed by atoms with Crippen LogP contribution < -0.4 is 4.72 Å². The van der Waals surface area contributed by atoms with Gasteiger partial charge in [-0.1, -0.05) is 24.9 Å². The van der Waals surface area contributed by atoms with E-state index >= 15 is 0 Å². The van der Waals surface area contributed by atoms with Gasteiger partial charge in [-0.2, -0.15) is 0 Å². The molecule has 0 saturated heterocycles. The van der Waals surface area contributed by atoms with Gasteiger partial charge in [-0.25, -0.2) is 18.1 Å². The van der Waals surface area contributed by atoms with Gasteiger partial charge in [0, 0.05) is 20.2 Å². The zero-order valence-electron chi connectivity index (χ0n) is 10.7. The van der Waals surface area contributed by atoms with Crippen LogP contribution in [0.25, 0.3) is 0 Å². The van der Waals surface area contributed by atoms with Gasteiger partial charge < -0.3 is 9.30 Å². The number of nitrogens with one attached hydrogen (secondary N) is 1. The van der Waals surface area contributed by atoms with E-state index in [2.05, 4.69) is 9.71 Å². The number of rotatable bonds is 7. The first-order valence-electron chi connectivity index (χ1n) is 5.60. The maximum absolute atomic E-state index is 12.1. The van der Waals surface area contributed by atoms with Gasteiger partial charge in [-0.05, 0) is 6.42 Å². The minimum absolute atomic E-state index is 0.0927. The number of sulfonamides is 1. The lowest BCUT2D eigenvalue weighted by molar-refractivity contribution is 0.171. The summed E-state index contributed by atoms with van der Waals surface area (Å²) in [5.41, 5.74) is 0. The predicted octanol–water partition coefficient (Wildman–Crippen LogP) is 1.17. The van der Waals surface area contributed by atoms with Crippen molar-refractivity contribution in [1.82, 2.24) is 14.3 Å². The molecule has 8 heteroatoms. The molecule has 1 atom stereocenters. The van der Waals surface area contributed by atoms with Gasteiger partial charge in [0.25, 0.3) is 10.0 Å². The number of ether oxygens (including phenoxy) is 1. The minimum Gasteiger partial charge on any atom is -0.383 e. The Kier molecular flexibility index (Phi) is 5.58. The zero-order chi connectivity index (χ0) is 13.8. The molecule has 0 aliphatic rings. The predicted molar refractivity (Wildman–Crippen MR) is 69.1 cm³/mol. The normalized spacial score (nSPS) is 13.8. The van der Waals surface area contributed by atoms with E-state index in [1.165, 1.54) is 18.0 Å². The van der Waals surface area contributed by atoms with Gasteiger partial charge in [-0.15, -0.1) is 0 Å². The standard InChI is InChI=1S/C10H18ClN3O3S/c1-4-5-8(6-17-3)13-18(15,16)10-9(11)14(2)7-12-10/h7-8,13H,4-6H2,1-3H3. The first-order chi connectivity index (χ1) is 8.42. The number of aryl methyl sites for hydroxylation is 1. The summed E-state index contributed by atoms with van der Waals surface area (Å²) in [7, 11) is -0.543. The summed E-state index contributed by atoms with van der Waals surface area (Å²) in [5.74, 6) is 0. The smallest absolute Gasteiger partial charge is 0.261 e. The molecule has 1 N–H and O–H groups in total. The highest BCUT2D eigenvalue weighted by molar-refractivity contribution is 7.89. The molecule has 1 rings (SSSR count). The van der Waals surface area contributed by atoms with Crippen molar-refractivity contribution in [3.8, 4) is 0 Å². The second-order valence-corrected chi connectivity index (χ2v) is 6.00. The third kappa shape index (κ3) is 3.68. The molecule has 0 aliphatic heterocycles. The summed E-state index contributed by atoms with van der Waals surface area (Å²) in [6, 6.07) is -0.275. The van der Waals surface area contributed by atoms with Crippen molar-refractivity contribution in [2.75, 3.05) is 13.7 Å². The fraction of sp³-hybridized carbons (Fsp3) is 0.700. The average Bonchev–Trinajstić information content (AvgIpc) is 2.60. The molecule has 0 saturated carbocycles. The largest absolute Gasteiger partial charge is 0.383 e. The van der Waals surface area contributed by atoms with Crippen molar-refractivity contribution < 1.29 is 13.2 Å². The monoisotopic (exact) mass is 295 g/mol. The van der Waals surface area contributed by atoms with Crippen molar-refractivity contribution in [3.05, 3.63) is 11.5 Å². The molecule has 0 radical (unpaired) electrons. The Bertz CT molecular complexity index is 481. The van der Waals surface area contributed by atoms with E-state index in [0.717, 1.165) is 6.42 Å². The van der Waals surface area contributed by atoms with Crippen LogP contribution in [0.3, 0.4) is 0 Å². The van der Waals surface area contributed by atoms with E-state index in [1.807, 2.05) is 6.92 Å². The number of hydrogen-bond acceptors (Lipinski definition) is 4. The molecule has 1 aromatic rings. The highest BCUT2D eigenvalue weighted by atomic mass is 35.5. The SMILES string of the molecule is CCCC(COC)NS(=O)(=O)c1ncn(C)c1Cl. The molecular weight excluding hydrogens is 278 g/mol. The van der Waals surface area contributed by atoms with Crippen molar-refractivity contribution in [2.45, 2.75) is 30.8 Å². The molecule has 0 spiro atoms. The van der Waals surface area contributed by atoms with Crippen LogP contribution in [0.4, 0.5) is 0 Å². The molecular formula is C10H18ClN3O3S. The highest BCUT2D eigenvalue weighted by Gasteiger charge is 2.25. The molecule has 6 nitrogen and oxygen atoms in total. The summed E-state index contributed by atoms with van der Waals surface area (Å²) < 4.78 is 33.2. The van der Waals surface area contributed by atoms with Crippen molar-refractivity contribution in [2.24, 2.45) is 7.05 Å². The van der Waals surface area contributed by atoms with E-state index in [0.29, 0.717) is 13.0 Å². The van der Waals surface area contributed by atoms with Crippen LogP contribution in [0.1, 0.15) is 19.8 Å². The Balaban J connectivity index is 2.89. The van der Waals surface area contributed by atoms with Crippen LogP contribution in [0.2, 0.25) is 5.15 Å². The van der Waals surface area contributed by atoms with E-state index < -0.39 is 10.0 Å². The molecule has 1 heterocycles. The molecule has 104 valence electrons. The third-order valence-corrected chi connectivity index (χ3v) is 4.42. The molecule has 0 bridgehead atoms. The Hall–Kier alpha value is -0.630. The van der Waals surface area contributed by atoms with E-state index in [9.17, 15) is 8.42 Å². The van der Waals surface area contributed by atoms with Crippen LogP contribution in [0.5, 0.6) is 0 Å². The molecule has 0 fully saturated rings. The molecule has 1 unspecified atom stereocenters. The number of aromatic nitrogens is 2. The molecule has 0 aliphatic carbocycles. The number of nitrogens with zero attached hydrogens (tertiary/aromatic N) is 2. The van der Waals surface area contributed by atoms with Gasteiger partial charge >= 0.3 is 0 Å². The Morgan fingerprint density at radius 1 is 1.61 bits per heavy atom. The van der Waals surface area contributed by atoms with Gasteiger partial charge in [0.1, 0.15) is 5.15 Å². The Morgan fingerprint density at radius 2 is 2.28 bits per heavy atom. The number of imidazole rings is 1. The summed E-state index contributed by atoms with van der Waals surface area (Å²) >= 11 is 5.88. The molecule has 18 heavy (non-hydrogen) atoms. The Morgan fingerprint density at radius 3 is 2.72 bits per heavy atom. The fourth-order valence-corrected chi connectivity index (χ4v) is 3.26. The zero-order valence-corrected chi connectivity index (χ0v) is 12.3. The number of halogens is 1. The van der Waals surface area contributed by atoms with Gasteiger partial charge in [0.2, 0.25) is 5.03 Å². The Labute approximate surface area is 112 Å². The average molecular weight is 296 g/mol. The van der Waals surface area contributed by atoms with Gasteiger partial charge in [0.05, 0.1) is 12.9 Å². The summed E-state index contributed by atoms with van der Waals surface area (Å²) in [6.07, 6.45) is 2.91. The van der Waals surface area contributed by atoms with E-state index in [4.69, 9.17) is 16.3 Å². The lowest BCUT2D eigenvalue weighted by Gasteiger charge is -2.16. The van der Waals surface area contributed by atoms with Crippen LogP contribution in [0, 0.1) is 0 Å². The lowest BCUT2D eigenvalue weighted by atomic mass is 10.2. The number of methoxy groups -OCH3 is 1. The van der Waals surface area contributed by atoms with Crippen LogP contribution >= 0.6 is 11.6 Å². The van der Waals surface area contributed by atoms with Crippen molar-refractivity contribution in [3.63, 3.8) is 0 Å². The summed E-state index contributed by atoms with van der Waals surface area (Å²) in [6.45, 7) is 2.29. The fourth-order valence-electron chi connectivity index (χ4n) is 1.58. The third-order valence-electron chi connectivity index (χ3n) is 2.42. The molecule has 0 aromatic carbocycles. The molecule has 1 aromatic heterocycles. The molecule has 0 amide bonds. The topological polar surface area (TPSA) is 73.2 Å². The highest BCUT2D eigenvalue weighted by Crippen LogP contribution is 2.19. The first kappa shape index (κ1) is 15.4. The number of hydrogen-bond donors (Lipinski definition) is 1. The van der Waals surface area contributed by atoms with E-state index in [1.54, 1.807) is 7.05 Å².